The van der Waals surface area contributed by atoms with E-state index in [0.717, 1.165) is 60.5 Å². The van der Waals surface area contributed by atoms with Gasteiger partial charge in [-0.1, -0.05) is 12.1 Å². The van der Waals surface area contributed by atoms with Crippen LogP contribution in [-0.4, -0.2) is 22.4 Å². The third-order valence-corrected chi connectivity index (χ3v) is 6.14. The smallest absolute Gasteiger partial charge is 0.346 e. The maximum Gasteiger partial charge on any atom is 0.416 e. The van der Waals surface area contributed by atoms with Crippen LogP contribution in [0.15, 0.2) is 47.1 Å². The average molecular weight is 417 g/mol. The number of halogens is 3. The minimum absolute atomic E-state index is 0.367. The first-order chi connectivity index (χ1) is 14.3. The Morgan fingerprint density at radius 3 is 2.53 bits per heavy atom. The summed E-state index contributed by atoms with van der Waals surface area (Å²) in [6.07, 6.45) is 3.35. The summed E-state index contributed by atoms with van der Waals surface area (Å²) in [4.78, 5) is 7.44. The van der Waals surface area contributed by atoms with Gasteiger partial charge < -0.3 is 10.3 Å². The van der Waals surface area contributed by atoms with Crippen molar-refractivity contribution in [1.29, 1.82) is 0 Å². The van der Waals surface area contributed by atoms with Gasteiger partial charge >= 0.3 is 6.18 Å². The van der Waals surface area contributed by atoms with Crippen molar-refractivity contribution < 1.29 is 13.2 Å². The molecular weight excluding hydrogens is 391 g/mol. The summed E-state index contributed by atoms with van der Waals surface area (Å²) in [7, 11) is 0. The van der Waals surface area contributed by atoms with E-state index < -0.39 is 11.7 Å². The fourth-order valence-corrected chi connectivity index (χ4v) is 4.39. The number of H-pyrrole nitrogens is 1. The maximum atomic E-state index is 12.7. The Kier molecular flexibility index (Phi) is 5.71. The first-order valence-electron chi connectivity index (χ1n) is 10.2. The molecule has 1 aromatic heterocycles. The number of nitrogens with two attached hydrogens (primary N) is 1. The molecule has 1 aliphatic carbocycles. The normalized spacial score (nSPS) is 23.4. The summed E-state index contributed by atoms with van der Waals surface area (Å²) in [5, 5.41) is 5.09. The molecule has 5 nitrogen and oxygen atoms in total. The molecule has 8 heteroatoms. The molecule has 1 aliphatic heterocycles. The number of hydrazine groups is 1. The molecule has 0 unspecified atom stereocenters. The molecule has 0 spiro atoms. The second-order valence-electron chi connectivity index (χ2n) is 8.05. The van der Waals surface area contributed by atoms with Crippen molar-refractivity contribution in [1.82, 2.24) is 15.3 Å². The van der Waals surface area contributed by atoms with Crippen molar-refractivity contribution in [3.8, 4) is 0 Å². The first-order valence-corrected chi connectivity index (χ1v) is 10.2. The zero-order valence-corrected chi connectivity index (χ0v) is 16.8. The summed E-state index contributed by atoms with van der Waals surface area (Å²) in [5.41, 5.74) is 3.57. The molecule has 0 saturated heterocycles. The molecule has 0 atom stereocenters. The number of benzene rings is 1. The summed E-state index contributed by atoms with van der Waals surface area (Å²) in [5.74, 6) is 7.45. The van der Waals surface area contributed by atoms with Crippen molar-refractivity contribution in [2.75, 3.05) is 0 Å². The minimum atomic E-state index is -4.29. The highest BCUT2D eigenvalue weighted by atomic mass is 19.4. The SMILES string of the molecule is C/C(=C1/c2cc[nH]c2N=CN1N)[C@H]1CC[C@H](NCc2ccc(C(F)(F)F)cc2)CC1. The van der Waals surface area contributed by atoms with Gasteiger partial charge in [-0.2, -0.15) is 13.2 Å². The quantitative estimate of drug-likeness (QED) is 0.616. The van der Waals surface area contributed by atoms with E-state index in [1.165, 1.54) is 5.57 Å². The Balaban J connectivity index is 1.34. The van der Waals surface area contributed by atoms with Crippen molar-refractivity contribution >= 4 is 17.9 Å². The summed E-state index contributed by atoms with van der Waals surface area (Å²) >= 11 is 0. The van der Waals surface area contributed by atoms with E-state index in [4.69, 9.17) is 5.84 Å². The molecule has 4 rings (SSSR count). The molecule has 30 heavy (non-hydrogen) atoms. The van der Waals surface area contributed by atoms with Gasteiger partial charge in [-0.15, -0.1) is 0 Å². The summed E-state index contributed by atoms with van der Waals surface area (Å²) < 4.78 is 38.0. The third kappa shape index (κ3) is 4.29. The number of aromatic nitrogens is 1. The van der Waals surface area contributed by atoms with Gasteiger partial charge in [-0.25, -0.2) is 10.8 Å². The number of hydrogen-bond donors (Lipinski definition) is 3. The van der Waals surface area contributed by atoms with Gasteiger partial charge in [0.2, 0.25) is 0 Å². The zero-order valence-electron chi connectivity index (χ0n) is 16.8. The van der Waals surface area contributed by atoms with E-state index >= 15 is 0 Å². The third-order valence-electron chi connectivity index (χ3n) is 6.14. The fraction of sp³-hybridized carbons (Fsp3) is 0.409. The Bertz CT molecular complexity index is 934. The Labute approximate surface area is 173 Å². The number of nitrogens with zero attached hydrogens (tertiary/aromatic N) is 2. The molecule has 0 bridgehead atoms. The van der Waals surface area contributed by atoms with Crippen LogP contribution in [0, 0.1) is 5.92 Å². The number of alkyl halides is 3. The van der Waals surface area contributed by atoms with Crippen LogP contribution < -0.4 is 11.2 Å². The van der Waals surface area contributed by atoms with Crippen LogP contribution in [0.1, 0.15) is 49.3 Å². The van der Waals surface area contributed by atoms with Crippen molar-refractivity contribution in [3.63, 3.8) is 0 Å². The Morgan fingerprint density at radius 2 is 1.87 bits per heavy atom. The first kappa shape index (κ1) is 20.7. The Morgan fingerprint density at radius 1 is 1.17 bits per heavy atom. The molecule has 2 heterocycles. The van der Waals surface area contributed by atoms with Crippen LogP contribution >= 0.6 is 0 Å². The van der Waals surface area contributed by atoms with E-state index in [2.05, 4.69) is 22.2 Å². The number of fused-ring (bicyclic) bond motifs is 1. The maximum absolute atomic E-state index is 12.7. The number of allylic oxidation sites excluding steroid dienone is 1. The van der Waals surface area contributed by atoms with Crippen LogP contribution in [0.4, 0.5) is 19.0 Å². The number of rotatable bonds is 4. The van der Waals surface area contributed by atoms with Crippen LogP contribution in [0.3, 0.4) is 0 Å². The van der Waals surface area contributed by atoms with Crippen LogP contribution in [0.2, 0.25) is 0 Å². The van der Waals surface area contributed by atoms with Crippen molar-refractivity contribution in [2.45, 2.75) is 51.4 Å². The topological polar surface area (TPSA) is 69.4 Å². The molecule has 1 fully saturated rings. The highest BCUT2D eigenvalue weighted by Crippen LogP contribution is 2.38. The summed E-state index contributed by atoms with van der Waals surface area (Å²) in [6, 6.07) is 7.75. The number of aromatic amines is 1. The predicted octanol–water partition coefficient (Wildman–Crippen LogP) is 4.96. The molecule has 2 aliphatic rings. The summed E-state index contributed by atoms with van der Waals surface area (Å²) in [6.45, 7) is 2.72. The van der Waals surface area contributed by atoms with E-state index in [0.29, 0.717) is 18.5 Å². The molecule has 0 radical (unpaired) electrons. The molecule has 160 valence electrons. The molecule has 0 amide bonds. The molecule has 2 aromatic rings. The standard InChI is InChI=1S/C22H26F3N5/c1-14(20-19-10-11-27-21(19)29-13-30(20)26)16-4-8-18(9-5-16)28-12-15-2-6-17(7-3-15)22(23,24)25/h2-3,6-7,10-11,13,16,18,27-28H,4-5,8-9,12,26H2,1H3/b20-14+/t16-,18-. The lowest BCUT2D eigenvalue weighted by Crippen LogP contribution is -2.34. The second-order valence-corrected chi connectivity index (χ2v) is 8.05. The van der Waals surface area contributed by atoms with Gasteiger partial charge in [0.1, 0.15) is 12.2 Å². The van der Waals surface area contributed by atoms with Crippen LogP contribution in [0.5, 0.6) is 0 Å². The lowest BCUT2D eigenvalue weighted by Gasteiger charge is -2.33. The van der Waals surface area contributed by atoms with E-state index in [-0.39, 0.29) is 0 Å². The molecule has 1 saturated carbocycles. The van der Waals surface area contributed by atoms with Crippen molar-refractivity contribution in [2.24, 2.45) is 16.8 Å². The van der Waals surface area contributed by atoms with Gasteiger partial charge in [-0.3, -0.25) is 5.01 Å². The van der Waals surface area contributed by atoms with E-state index in [1.807, 2.05) is 12.3 Å². The average Bonchev–Trinajstić information content (AvgIpc) is 3.20. The number of hydrogen-bond acceptors (Lipinski definition) is 4. The lowest BCUT2D eigenvalue weighted by atomic mass is 9.80. The predicted molar refractivity (Wildman–Crippen MR) is 112 cm³/mol. The molecular formula is C22H26F3N5. The minimum Gasteiger partial charge on any atom is -0.346 e. The number of nitrogens with one attached hydrogen (secondary N) is 2. The molecule has 4 N–H and O–H groups in total. The highest BCUT2D eigenvalue weighted by Gasteiger charge is 2.30. The zero-order chi connectivity index (χ0) is 21.3. The largest absolute Gasteiger partial charge is 0.416 e. The van der Waals surface area contributed by atoms with Crippen molar-refractivity contribution in [3.05, 3.63) is 58.8 Å². The monoisotopic (exact) mass is 417 g/mol. The van der Waals surface area contributed by atoms with Gasteiger partial charge in [0, 0.05) is 24.3 Å². The fourth-order valence-electron chi connectivity index (χ4n) is 4.39. The van der Waals surface area contributed by atoms with Gasteiger partial charge in [0.15, 0.2) is 0 Å². The van der Waals surface area contributed by atoms with Gasteiger partial charge in [0.05, 0.1) is 11.3 Å². The Hall–Kier alpha value is -2.58. The van der Waals surface area contributed by atoms with Crippen LogP contribution in [0.25, 0.3) is 5.70 Å². The highest BCUT2D eigenvalue weighted by molar-refractivity contribution is 5.86. The lowest BCUT2D eigenvalue weighted by molar-refractivity contribution is -0.137. The van der Waals surface area contributed by atoms with Gasteiger partial charge in [0.25, 0.3) is 0 Å². The van der Waals surface area contributed by atoms with E-state index in [9.17, 15) is 13.2 Å². The molecule has 1 aromatic carbocycles. The number of aliphatic imine (C=N–C) groups is 1. The van der Waals surface area contributed by atoms with Crippen LogP contribution in [-0.2, 0) is 12.7 Å². The second kappa shape index (κ2) is 8.28. The van der Waals surface area contributed by atoms with E-state index in [1.54, 1.807) is 23.5 Å². The van der Waals surface area contributed by atoms with Gasteiger partial charge in [-0.05, 0) is 67.9 Å².